The lowest BCUT2D eigenvalue weighted by Crippen LogP contribution is -2.75. The van der Waals surface area contributed by atoms with Crippen LogP contribution in [0.25, 0.3) is 43.2 Å². The Balaban J connectivity index is 0.000000222. The van der Waals surface area contributed by atoms with Crippen LogP contribution in [0.3, 0.4) is 0 Å². The summed E-state index contributed by atoms with van der Waals surface area (Å²) in [6, 6.07) is 36.1. The number of pyridine rings is 1. The minimum absolute atomic E-state index is 0.0329. The van der Waals surface area contributed by atoms with Crippen LogP contribution in [0.1, 0.15) is 54.9 Å². The summed E-state index contributed by atoms with van der Waals surface area (Å²) < 4.78 is 350. The first kappa shape index (κ1) is 68.1. The second kappa shape index (κ2) is 24.2. The van der Waals surface area contributed by atoms with Gasteiger partial charge in [0.25, 0.3) is 0 Å². The van der Waals surface area contributed by atoms with Gasteiger partial charge in [-0.05, 0) is 76.1 Å². The maximum absolute atomic E-state index is 14.2. The fraction of sp³-hybridized carbons (Fsp3) is 0.134. The number of nitrogens with zero attached hydrogens (tertiary/aromatic N) is 1. The van der Waals surface area contributed by atoms with Gasteiger partial charge < -0.3 is 4.74 Å². The zero-order valence-corrected chi connectivity index (χ0v) is 47.2. The number of Topliss-reactive ketones (excluding diaryl/α,β-unsaturated/α-hetero) is 1. The first-order valence-corrected chi connectivity index (χ1v) is 27.4. The van der Waals surface area contributed by atoms with Crippen LogP contribution in [0.5, 0.6) is 11.6 Å². The minimum atomic E-state index is -6.13. The van der Waals surface area contributed by atoms with Crippen molar-refractivity contribution in [3.8, 4) is 11.6 Å². The van der Waals surface area contributed by atoms with E-state index in [-0.39, 0.29) is 12.3 Å². The first-order valence-electron chi connectivity index (χ1n) is 27.4. The van der Waals surface area contributed by atoms with Crippen molar-refractivity contribution in [3.05, 3.63) is 256 Å². The molecule has 95 heavy (non-hydrogen) atoms. The van der Waals surface area contributed by atoms with Gasteiger partial charge in [0.15, 0.2) is 0 Å². The van der Waals surface area contributed by atoms with Crippen molar-refractivity contribution < 1.29 is 119 Å². The number of ether oxygens (including phenoxy) is 1. The van der Waals surface area contributed by atoms with E-state index in [0.29, 0.717) is 11.4 Å². The van der Waals surface area contributed by atoms with Gasteiger partial charge in [0.1, 0.15) is 11.9 Å². The normalized spacial score (nSPS) is 13.1. The summed E-state index contributed by atoms with van der Waals surface area (Å²) in [5.41, 5.74) is -28.6. The quantitative estimate of drug-likeness (QED) is 0.0474. The summed E-state index contributed by atoms with van der Waals surface area (Å²) in [5, 5.41) is 7.69. The van der Waals surface area contributed by atoms with Crippen molar-refractivity contribution in [1.29, 1.82) is 0 Å². The Bertz CT molecular complexity index is 4310. The van der Waals surface area contributed by atoms with E-state index in [9.17, 15) is 110 Å². The van der Waals surface area contributed by atoms with E-state index in [2.05, 4.69) is 66.7 Å². The van der Waals surface area contributed by atoms with E-state index in [1.165, 1.54) is 5.39 Å². The number of hydrogen-bond donors (Lipinski definition) is 0. The highest BCUT2D eigenvalue weighted by Gasteiger charge is 2.47. The second-order valence-corrected chi connectivity index (χ2v) is 21.8. The predicted octanol–water partition coefficient (Wildman–Crippen LogP) is 19.5. The zero-order chi connectivity index (χ0) is 69.4. The van der Waals surface area contributed by atoms with Crippen molar-refractivity contribution in [2.75, 3.05) is 0 Å². The van der Waals surface area contributed by atoms with E-state index in [0.717, 1.165) is 43.6 Å². The molecular weight excluding hydrogens is 1320 g/mol. The molecular formula is C67H36BF24NO2. The SMILES string of the molecule is FC(F)(F)c1cc([B-](c2cc(C(F)(F)F)cc(C(F)(F)F)c2)(c2cc(C(F)(F)F)cc(C(F)(F)F)c2)c2cc(C(F)(F)F)cc(C(F)(F)F)c2)cc(C(F)(F)F)c1.O=C(C[n+]1c(Oc2c3ccccc3cc3cc4ccccc4cc23)ccc2ccccc21)c1ccccc1. The van der Waals surface area contributed by atoms with Gasteiger partial charge in [-0.25, -0.2) is 0 Å². The molecule has 10 aromatic carbocycles. The highest BCUT2D eigenvalue weighted by atomic mass is 19.4. The van der Waals surface area contributed by atoms with Crippen LogP contribution in [0, 0.1) is 0 Å². The average molecular weight is 1350 g/mol. The molecule has 0 bridgehead atoms. The maximum atomic E-state index is 14.2. The number of carbonyl (C=O) groups is 1. The second-order valence-electron chi connectivity index (χ2n) is 21.8. The number of benzene rings is 10. The molecule has 0 saturated carbocycles. The van der Waals surface area contributed by atoms with Gasteiger partial charge in [0.2, 0.25) is 17.8 Å². The summed E-state index contributed by atoms with van der Waals surface area (Å²) in [7, 11) is 0. The third kappa shape index (κ3) is 14.2. The van der Waals surface area contributed by atoms with Crippen molar-refractivity contribution in [1.82, 2.24) is 0 Å². The summed E-state index contributed by atoms with van der Waals surface area (Å²) in [6.07, 6.45) is -54.8. The van der Waals surface area contributed by atoms with E-state index in [1.807, 2.05) is 71.3 Å². The summed E-state index contributed by atoms with van der Waals surface area (Å²) in [4.78, 5) is 13.4. The van der Waals surface area contributed by atoms with Crippen molar-refractivity contribution in [2.24, 2.45) is 0 Å². The molecule has 0 unspecified atom stereocenters. The standard InChI is InChI=1S/C35H24NO2.C32H12BF24/c37-33(25-11-2-1-3-12-25)23-36-32-17-9-7-10-24(32)18-19-34(36)38-35-30-16-8-6-15-28(30)21-29-20-26-13-4-5-14-27(26)22-31(29)35;34-25(35,36)13-1-14(26(37,38)39)6-21(5-13)33(22-7-15(27(40,41)42)2-16(8-22)28(43,44)45,23-9-17(29(46,47)48)3-18(10-23)30(49,50)51)24-11-19(31(52,53)54)4-20(12-24)32(55,56)57/h1-22H,23H2;1-12H/q+1;-1. The van der Waals surface area contributed by atoms with E-state index < -0.39 is 195 Å². The van der Waals surface area contributed by atoms with Gasteiger partial charge in [-0.3, -0.25) is 4.79 Å². The first-order chi connectivity index (χ1) is 44.0. The lowest BCUT2D eigenvalue weighted by molar-refractivity contribution is -0.661. The summed E-state index contributed by atoms with van der Waals surface area (Å²) in [5.74, 6) is 1.45. The predicted molar refractivity (Wildman–Crippen MR) is 304 cm³/mol. The largest absolute Gasteiger partial charge is 0.416 e. The van der Waals surface area contributed by atoms with E-state index in [1.54, 1.807) is 0 Å². The Labute approximate surface area is 518 Å². The Morgan fingerprint density at radius 1 is 0.305 bits per heavy atom. The molecule has 0 amide bonds. The molecule has 1 heterocycles. The number of fused-ring (bicyclic) bond motifs is 4. The van der Waals surface area contributed by atoms with Crippen molar-refractivity contribution in [2.45, 2.75) is 56.0 Å². The summed E-state index contributed by atoms with van der Waals surface area (Å²) in [6.45, 7) is 0.173. The molecule has 492 valence electrons. The van der Waals surface area contributed by atoms with Gasteiger partial charge in [0.05, 0.1) is 50.6 Å². The van der Waals surface area contributed by atoms with Crippen LogP contribution in [-0.4, -0.2) is 11.9 Å². The number of ketones is 1. The molecule has 0 atom stereocenters. The van der Waals surface area contributed by atoms with Crippen LogP contribution in [0.2, 0.25) is 0 Å². The lowest BCUT2D eigenvalue weighted by Gasteiger charge is -2.46. The van der Waals surface area contributed by atoms with Gasteiger partial charge in [-0.1, -0.05) is 140 Å². The molecule has 0 saturated heterocycles. The highest BCUT2D eigenvalue weighted by molar-refractivity contribution is 7.20. The van der Waals surface area contributed by atoms with Gasteiger partial charge >= 0.3 is 55.3 Å². The third-order valence-electron chi connectivity index (χ3n) is 15.6. The molecule has 11 aromatic rings. The lowest BCUT2D eigenvalue weighted by atomic mass is 9.12. The van der Waals surface area contributed by atoms with E-state index in [4.69, 9.17) is 4.74 Å². The van der Waals surface area contributed by atoms with Crippen LogP contribution in [0.4, 0.5) is 105 Å². The fourth-order valence-electron chi connectivity index (χ4n) is 11.4. The van der Waals surface area contributed by atoms with Crippen LogP contribution >= 0.6 is 0 Å². The molecule has 11 rings (SSSR count). The van der Waals surface area contributed by atoms with Crippen molar-refractivity contribution >= 4 is 77.0 Å². The summed E-state index contributed by atoms with van der Waals surface area (Å²) >= 11 is 0. The van der Waals surface area contributed by atoms with Gasteiger partial charge in [-0.15, -0.1) is 0 Å². The Kier molecular flexibility index (Phi) is 17.4. The minimum Gasteiger partial charge on any atom is -0.404 e. The Hall–Kier alpha value is -9.76. The van der Waals surface area contributed by atoms with Gasteiger partial charge in [-0.2, -0.15) is 132 Å². The Morgan fingerprint density at radius 2 is 0.621 bits per heavy atom. The third-order valence-corrected chi connectivity index (χ3v) is 15.6. The Morgan fingerprint density at radius 3 is 1.00 bits per heavy atom. The molecule has 1 aromatic heterocycles. The molecule has 0 radical (unpaired) electrons. The number of rotatable bonds is 9. The fourth-order valence-corrected chi connectivity index (χ4v) is 11.4. The number of alkyl halides is 24. The molecule has 0 N–H and O–H groups in total. The van der Waals surface area contributed by atoms with Crippen molar-refractivity contribution in [3.63, 3.8) is 0 Å². The number of carbonyl (C=O) groups excluding carboxylic acids is 1. The molecule has 0 aliphatic carbocycles. The average Bonchev–Trinajstić information content (AvgIpc) is 0.711. The van der Waals surface area contributed by atoms with Gasteiger partial charge in [0, 0.05) is 27.8 Å². The number of aromatic nitrogens is 1. The molecule has 0 aliphatic rings. The topological polar surface area (TPSA) is 30.2 Å². The molecule has 3 nitrogen and oxygen atoms in total. The number of halogens is 24. The zero-order valence-electron chi connectivity index (χ0n) is 47.2. The molecule has 0 fully saturated rings. The van der Waals surface area contributed by atoms with Crippen LogP contribution in [-0.2, 0) is 56.0 Å². The maximum Gasteiger partial charge on any atom is 0.416 e. The van der Waals surface area contributed by atoms with Crippen LogP contribution < -0.4 is 31.2 Å². The molecule has 0 spiro atoms. The molecule has 0 aliphatic heterocycles. The molecule has 28 heteroatoms. The van der Waals surface area contributed by atoms with E-state index >= 15 is 0 Å². The smallest absolute Gasteiger partial charge is 0.404 e. The van der Waals surface area contributed by atoms with Crippen LogP contribution in [0.15, 0.2) is 206 Å². The number of hydrogen-bond acceptors (Lipinski definition) is 2. The highest BCUT2D eigenvalue weighted by Crippen LogP contribution is 2.44. The number of para-hydroxylation sites is 1. The monoisotopic (exact) mass is 1350 g/mol.